The van der Waals surface area contributed by atoms with Crippen LogP contribution in [0, 0.1) is 0 Å². The van der Waals surface area contributed by atoms with Crippen LogP contribution in [-0.2, 0) is 14.3 Å². The van der Waals surface area contributed by atoms with Gasteiger partial charge < -0.3 is 9.47 Å². The van der Waals surface area contributed by atoms with Crippen molar-refractivity contribution in [2.24, 2.45) is 0 Å². The van der Waals surface area contributed by atoms with Crippen molar-refractivity contribution in [1.29, 1.82) is 0 Å². The summed E-state index contributed by atoms with van der Waals surface area (Å²) in [6.45, 7) is 0. The van der Waals surface area contributed by atoms with Crippen molar-refractivity contribution in [1.82, 2.24) is 0 Å². The van der Waals surface area contributed by atoms with Gasteiger partial charge in [0, 0.05) is 6.08 Å². The second kappa shape index (κ2) is 2.35. The van der Waals surface area contributed by atoms with Crippen molar-refractivity contribution in [3.63, 3.8) is 0 Å². The van der Waals surface area contributed by atoms with Crippen molar-refractivity contribution in [2.75, 3.05) is 7.11 Å². The zero-order valence-electron chi connectivity index (χ0n) is 4.96. The largest absolute Gasteiger partial charge is 0.500 e. The average Bonchev–Trinajstić information content (AvgIpc) is 2.17. The smallest absolute Gasteiger partial charge is 0.336 e. The Morgan fingerprint density at radius 1 is 1.67 bits per heavy atom. The molecule has 1 rings (SSSR count). The van der Waals surface area contributed by atoms with E-state index in [2.05, 4.69) is 9.47 Å². The number of hydrogen-bond donors (Lipinski definition) is 0. The standard InChI is InChI=1S/C6H6O3/c1-8-4-5-2-3-6(7)9-5/h2-4H,1H3/b5-4+. The zero-order valence-corrected chi connectivity index (χ0v) is 4.96. The van der Waals surface area contributed by atoms with E-state index in [4.69, 9.17) is 0 Å². The summed E-state index contributed by atoms with van der Waals surface area (Å²) in [6, 6.07) is 0. The van der Waals surface area contributed by atoms with E-state index in [1.165, 1.54) is 19.4 Å². The van der Waals surface area contributed by atoms with Crippen molar-refractivity contribution in [2.45, 2.75) is 0 Å². The number of carbonyl (C=O) groups excluding carboxylic acids is 1. The Labute approximate surface area is 52.6 Å². The predicted octanol–water partition coefficient (Wildman–Crippen LogP) is 0.587. The van der Waals surface area contributed by atoms with Gasteiger partial charge in [-0.2, -0.15) is 0 Å². The van der Waals surface area contributed by atoms with Crippen LogP contribution in [0.1, 0.15) is 0 Å². The monoisotopic (exact) mass is 126 g/mol. The number of allylic oxidation sites excluding steroid dienone is 1. The Hall–Kier alpha value is -1.25. The summed E-state index contributed by atoms with van der Waals surface area (Å²) in [6.07, 6.45) is 4.25. The van der Waals surface area contributed by atoms with Crippen LogP contribution in [0.5, 0.6) is 0 Å². The Kier molecular flexibility index (Phi) is 1.53. The molecule has 1 aliphatic heterocycles. The molecule has 1 aliphatic rings. The van der Waals surface area contributed by atoms with Gasteiger partial charge in [-0.3, -0.25) is 0 Å². The second-order valence-corrected chi connectivity index (χ2v) is 1.51. The van der Waals surface area contributed by atoms with E-state index in [9.17, 15) is 4.79 Å². The van der Waals surface area contributed by atoms with Crippen LogP contribution in [0.25, 0.3) is 0 Å². The van der Waals surface area contributed by atoms with Gasteiger partial charge in [0.25, 0.3) is 0 Å². The molecule has 0 fully saturated rings. The number of carbonyl (C=O) groups is 1. The maximum Gasteiger partial charge on any atom is 0.336 e. The first-order valence-corrected chi connectivity index (χ1v) is 2.46. The highest BCUT2D eigenvalue weighted by Crippen LogP contribution is 2.07. The normalized spacial score (nSPS) is 20.6. The van der Waals surface area contributed by atoms with E-state index in [0.717, 1.165) is 0 Å². The number of esters is 1. The molecule has 0 saturated carbocycles. The zero-order chi connectivity index (χ0) is 6.69. The second-order valence-electron chi connectivity index (χ2n) is 1.51. The summed E-state index contributed by atoms with van der Waals surface area (Å²) in [7, 11) is 1.49. The first-order chi connectivity index (χ1) is 4.33. The quantitative estimate of drug-likeness (QED) is 0.381. The summed E-state index contributed by atoms with van der Waals surface area (Å²) in [4.78, 5) is 10.3. The molecule has 0 saturated heterocycles. The Bertz CT molecular complexity index is 179. The molecule has 0 aromatic heterocycles. The molecular formula is C6H6O3. The van der Waals surface area contributed by atoms with Gasteiger partial charge in [0.2, 0.25) is 0 Å². The summed E-state index contributed by atoms with van der Waals surface area (Å²) in [5, 5.41) is 0. The molecule has 3 nitrogen and oxygen atoms in total. The molecular weight excluding hydrogens is 120 g/mol. The highest BCUT2D eigenvalue weighted by molar-refractivity contribution is 5.86. The van der Waals surface area contributed by atoms with E-state index in [0.29, 0.717) is 5.76 Å². The van der Waals surface area contributed by atoms with E-state index >= 15 is 0 Å². The number of methoxy groups -OCH3 is 1. The topological polar surface area (TPSA) is 35.5 Å². The molecule has 1 heterocycles. The fourth-order valence-electron chi connectivity index (χ4n) is 0.514. The molecule has 0 bridgehead atoms. The van der Waals surface area contributed by atoms with Crippen molar-refractivity contribution >= 4 is 5.97 Å². The number of rotatable bonds is 1. The third-order valence-corrected chi connectivity index (χ3v) is 0.836. The third kappa shape index (κ3) is 1.32. The predicted molar refractivity (Wildman–Crippen MR) is 30.3 cm³/mol. The van der Waals surface area contributed by atoms with Gasteiger partial charge in [0.05, 0.1) is 7.11 Å². The average molecular weight is 126 g/mol. The molecule has 0 spiro atoms. The number of hydrogen-bond acceptors (Lipinski definition) is 3. The first-order valence-electron chi connectivity index (χ1n) is 2.46. The van der Waals surface area contributed by atoms with E-state index < -0.39 is 0 Å². The SMILES string of the molecule is CO/C=C1\C=CC(=O)O1. The van der Waals surface area contributed by atoms with Gasteiger partial charge in [-0.25, -0.2) is 4.79 Å². The molecule has 9 heavy (non-hydrogen) atoms. The highest BCUT2D eigenvalue weighted by atomic mass is 16.6. The Morgan fingerprint density at radius 3 is 2.89 bits per heavy atom. The third-order valence-electron chi connectivity index (χ3n) is 0.836. The molecule has 48 valence electrons. The molecule has 3 heteroatoms. The lowest BCUT2D eigenvalue weighted by Gasteiger charge is -1.92. The highest BCUT2D eigenvalue weighted by Gasteiger charge is 2.08. The first kappa shape index (κ1) is 5.88. The van der Waals surface area contributed by atoms with Gasteiger partial charge in [0.1, 0.15) is 6.26 Å². The van der Waals surface area contributed by atoms with Crippen LogP contribution in [0.3, 0.4) is 0 Å². The lowest BCUT2D eigenvalue weighted by molar-refractivity contribution is -0.132. The van der Waals surface area contributed by atoms with Crippen LogP contribution in [0.15, 0.2) is 24.2 Å². The van der Waals surface area contributed by atoms with Gasteiger partial charge in [-0.15, -0.1) is 0 Å². The minimum absolute atomic E-state index is 0.349. The van der Waals surface area contributed by atoms with Crippen LogP contribution >= 0.6 is 0 Å². The summed E-state index contributed by atoms with van der Waals surface area (Å²) >= 11 is 0. The molecule has 0 N–H and O–H groups in total. The minimum atomic E-state index is -0.349. The summed E-state index contributed by atoms with van der Waals surface area (Å²) in [5.74, 6) is 0.0980. The van der Waals surface area contributed by atoms with Gasteiger partial charge in [-0.1, -0.05) is 0 Å². The number of ether oxygens (including phenoxy) is 2. The van der Waals surface area contributed by atoms with Gasteiger partial charge in [-0.05, 0) is 6.08 Å². The van der Waals surface area contributed by atoms with Crippen LogP contribution in [-0.4, -0.2) is 13.1 Å². The summed E-state index contributed by atoms with van der Waals surface area (Å²) in [5.41, 5.74) is 0. The molecule has 0 unspecified atom stereocenters. The van der Waals surface area contributed by atoms with Crippen LogP contribution in [0.4, 0.5) is 0 Å². The summed E-state index contributed by atoms with van der Waals surface area (Å²) < 4.78 is 9.17. The number of cyclic esters (lactones) is 1. The van der Waals surface area contributed by atoms with Crippen LogP contribution in [0.2, 0.25) is 0 Å². The fourth-order valence-corrected chi connectivity index (χ4v) is 0.514. The molecule has 0 atom stereocenters. The lowest BCUT2D eigenvalue weighted by Crippen LogP contribution is -1.90. The van der Waals surface area contributed by atoms with Gasteiger partial charge >= 0.3 is 5.97 Å². The molecule has 0 amide bonds. The van der Waals surface area contributed by atoms with E-state index in [-0.39, 0.29) is 5.97 Å². The van der Waals surface area contributed by atoms with Crippen molar-refractivity contribution < 1.29 is 14.3 Å². The molecule has 0 aliphatic carbocycles. The van der Waals surface area contributed by atoms with Crippen molar-refractivity contribution in [3.8, 4) is 0 Å². The molecule has 0 aromatic carbocycles. The van der Waals surface area contributed by atoms with Crippen LogP contribution < -0.4 is 0 Å². The van der Waals surface area contributed by atoms with Gasteiger partial charge in [0.15, 0.2) is 5.76 Å². The maximum atomic E-state index is 10.3. The van der Waals surface area contributed by atoms with E-state index in [1.807, 2.05) is 0 Å². The Balaban J connectivity index is 2.60. The lowest BCUT2D eigenvalue weighted by atomic mass is 10.5. The molecule has 0 radical (unpaired) electrons. The maximum absolute atomic E-state index is 10.3. The molecule has 0 aromatic rings. The Morgan fingerprint density at radius 2 is 2.44 bits per heavy atom. The fraction of sp³-hybridized carbons (Fsp3) is 0.167. The minimum Gasteiger partial charge on any atom is -0.500 e. The van der Waals surface area contributed by atoms with E-state index in [1.54, 1.807) is 6.08 Å². The van der Waals surface area contributed by atoms with Crippen molar-refractivity contribution in [3.05, 3.63) is 24.2 Å².